The first-order valence-corrected chi connectivity index (χ1v) is 6.97. The summed E-state index contributed by atoms with van der Waals surface area (Å²) in [7, 11) is 3.66. The Labute approximate surface area is 124 Å². The fraction of sp³-hybridized carbons (Fsp3) is 0.235. The molecule has 3 rings (SSSR count). The van der Waals surface area contributed by atoms with E-state index < -0.39 is 0 Å². The number of rotatable bonds is 3. The van der Waals surface area contributed by atoms with Gasteiger partial charge in [0, 0.05) is 30.5 Å². The molecule has 0 saturated heterocycles. The number of likely N-dealkylation sites (N-methyl/N-ethyl adjacent to an activating group) is 1. The number of hydrogen-bond donors (Lipinski definition) is 1. The summed E-state index contributed by atoms with van der Waals surface area (Å²) in [6.45, 7) is 1.03. The summed E-state index contributed by atoms with van der Waals surface area (Å²) in [6.07, 6.45) is 1.07. The fourth-order valence-electron chi connectivity index (χ4n) is 2.58. The van der Waals surface area contributed by atoms with Crippen LogP contribution < -0.4 is 15.0 Å². The van der Waals surface area contributed by atoms with Crippen molar-refractivity contribution >= 4 is 17.3 Å². The zero-order valence-corrected chi connectivity index (χ0v) is 12.2. The smallest absolute Gasteiger partial charge is 0.255 e. The molecule has 0 unspecified atom stereocenters. The van der Waals surface area contributed by atoms with Gasteiger partial charge in [-0.05, 0) is 42.3 Å². The first-order valence-electron chi connectivity index (χ1n) is 6.97. The van der Waals surface area contributed by atoms with E-state index in [1.165, 1.54) is 11.3 Å². The monoisotopic (exact) mass is 282 g/mol. The number of nitrogens with zero attached hydrogens (tertiary/aromatic N) is 1. The Morgan fingerprint density at radius 3 is 2.90 bits per heavy atom. The van der Waals surface area contributed by atoms with Crippen molar-refractivity contribution in [3.63, 3.8) is 0 Å². The van der Waals surface area contributed by atoms with Crippen LogP contribution in [0.2, 0.25) is 0 Å². The lowest BCUT2D eigenvalue weighted by atomic mass is 10.1. The number of hydrogen-bond acceptors (Lipinski definition) is 3. The van der Waals surface area contributed by atoms with E-state index in [0.717, 1.165) is 18.7 Å². The third-order valence-corrected chi connectivity index (χ3v) is 3.80. The maximum Gasteiger partial charge on any atom is 0.255 e. The van der Waals surface area contributed by atoms with Crippen LogP contribution in [-0.4, -0.2) is 26.6 Å². The zero-order chi connectivity index (χ0) is 14.8. The molecule has 2 aromatic rings. The quantitative estimate of drug-likeness (QED) is 0.941. The highest BCUT2D eigenvalue weighted by Crippen LogP contribution is 2.29. The Balaban J connectivity index is 1.80. The van der Waals surface area contributed by atoms with Crippen molar-refractivity contribution in [3.8, 4) is 5.75 Å². The zero-order valence-electron chi connectivity index (χ0n) is 12.2. The number of amides is 1. The van der Waals surface area contributed by atoms with Crippen molar-refractivity contribution in [2.45, 2.75) is 6.42 Å². The summed E-state index contributed by atoms with van der Waals surface area (Å²) in [5, 5.41) is 2.94. The van der Waals surface area contributed by atoms with E-state index in [0.29, 0.717) is 11.3 Å². The summed E-state index contributed by atoms with van der Waals surface area (Å²) < 4.78 is 5.14. The lowest BCUT2D eigenvalue weighted by Gasteiger charge is -2.13. The highest BCUT2D eigenvalue weighted by molar-refractivity contribution is 6.04. The van der Waals surface area contributed by atoms with E-state index in [4.69, 9.17) is 4.74 Å². The van der Waals surface area contributed by atoms with Gasteiger partial charge in [0.15, 0.2) is 0 Å². The summed E-state index contributed by atoms with van der Waals surface area (Å²) in [6, 6.07) is 13.2. The van der Waals surface area contributed by atoms with Gasteiger partial charge in [0.1, 0.15) is 5.75 Å². The van der Waals surface area contributed by atoms with Crippen molar-refractivity contribution < 1.29 is 9.53 Å². The fourth-order valence-corrected chi connectivity index (χ4v) is 2.58. The molecule has 2 aromatic carbocycles. The molecule has 0 fully saturated rings. The normalized spacial score (nSPS) is 13.0. The Bertz CT molecular complexity index is 682. The van der Waals surface area contributed by atoms with Crippen LogP contribution >= 0.6 is 0 Å². The molecule has 1 aliphatic heterocycles. The lowest BCUT2D eigenvalue weighted by Crippen LogP contribution is -2.14. The van der Waals surface area contributed by atoms with Gasteiger partial charge in [-0.2, -0.15) is 0 Å². The number of fused-ring (bicyclic) bond motifs is 1. The number of benzene rings is 2. The van der Waals surface area contributed by atoms with Crippen molar-refractivity contribution in [2.24, 2.45) is 0 Å². The Hall–Kier alpha value is -2.49. The standard InChI is InChI=1S/C17H18N2O2/c1-19-9-8-12-6-7-14(11-16(12)19)18-17(20)13-4-3-5-15(10-13)21-2/h3-7,10-11H,8-9H2,1-2H3,(H,18,20). The summed E-state index contributed by atoms with van der Waals surface area (Å²) in [5.41, 5.74) is 3.92. The molecule has 108 valence electrons. The minimum Gasteiger partial charge on any atom is -0.497 e. The minimum atomic E-state index is -0.130. The van der Waals surface area contributed by atoms with Gasteiger partial charge >= 0.3 is 0 Å². The van der Waals surface area contributed by atoms with Crippen LogP contribution in [0.1, 0.15) is 15.9 Å². The minimum absolute atomic E-state index is 0.130. The molecule has 0 aromatic heterocycles. The average molecular weight is 282 g/mol. The molecular formula is C17H18N2O2. The first kappa shape index (κ1) is 13.5. The lowest BCUT2D eigenvalue weighted by molar-refractivity contribution is 0.102. The van der Waals surface area contributed by atoms with Crippen molar-refractivity contribution in [3.05, 3.63) is 53.6 Å². The van der Waals surface area contributed by atoms with E-state index in [-0.39, 0.29) is 5.91 Å². The summed E-state index contributed by atoms with van der Waals surface area (Å²) in [5.74, 6) is 0.547. The molecular weight excluding hydrogens is 264 g/mol. The number of anilines is 2. The van der Waals surface area contributed by atoms with Crippen LogP contribution in [0.5, 0.6) is 5.75 Å². The van der Waals surface area contributed by atoms with E-state index in [1.54, 1.807) is 19.2 Å². The Kier molecular flexibility index (Phi) is 3.52. The van der Waals surface area contributed by atoms with Gasteiger partial charge in [-0.3, -0.25) is 4.79 Å². The molecule has 0 spiro atoms. The second-order valence-corrected chi connectivity index (χ2v) is 5.20. The molecule has 4 nitrogen and oxygen atoms in total. The molecule has 21 heavy (non-hydrogen) atoms. The van der Waals surface area contributed by atoms with E-state index in [9.17, 15) is 4.79 Å². The van der Waals surface area contributed by atoms with Crippen molar-refractivity contribution in [2.75, 3.05) is 30.9 Å². The molecule has 1 heterocycles. The molecule has 0 saturated carbocycles. The van der Waals surface area contributed by atoms with Crippen molar-refractivity contribution in [1.29, 1.82) is 0 Å². The van der Waals surface area contributed by atoms with Crippen LogP contribution in [0, 0.1) is 0 Å². The van der Waals surface area contributed by atoms with Crippen LogP contribution in [0.25, 0.3) is 0 Å². The number of methoxy groups -OCH3 is 1. The highest BCUT2D eigenvalue weighted by Gasteiger charge is 2.16. The van der Waals surface area contributed by atoms with Crippen LogP contribution in [0.15, 0.2) is 42.5 Å². The summed E-state index contributed by atoms with van der Waals surface area (Å²) in [4.78, 5) is 14.5. The van der Waals surface area contributed by atoms with Gasteiger partial charge in [0.2, 0.25) is 0 Å². The third kappa shape index (κ3) is 2.70. The van der Waals surface area contributed by atoms with Crippen LogP contribution in [-0.2, 0) is 6.42 Å². The summed E-state index contributed by atoms with van der Waals surface area (Å²) >= 11 is 0. The van der Waals surface area contributed by atoms with Crippen LogP contribution in [0.3, 0.4) is 0 Å². The maximum atomic E-state index is 12.3. The van der Waals surface area contributed by atoms with Crippen LogP contribution in [0.4, 0.5) is 11.4 Å². The van der Waals surface area contributed by atoms with Gasteiger partial charge in [-0.1, -0.05) is 12.1 Å². The molecule has 1 aliphatic rings. The Morgan fingerprint density at radius 2 is 2.10 bits per heavy atom. The average Bonchev–Trinajstić information content (AvgIpc) is 2.88. The van der Waals surface area contributed by atoms with E-state index in [1.807, 2.05) is 24.3 Å². The topological polar surface area (TPSA) is 41.6 Å². The number of ether oxygens (including phenoxy) is 1. The van der Waals surface area contributed by atoms with Gasteiger partial charge in [0.05, 0.1) is 7.11 Å². The first-order chi connectivity index (χ1) is 10.2. The second kappa shape index (κ2) is 5.48. The second-order valence-electron chi connectivity index (χ2n) is 5.20. The van der Waals surface area contributed by atoms with Crippen molar-refractivity contribution in [1.82, 2.24) is 0 Å². The number of nitrogens with one attached hydrogen (secondary N) is 1. The van der Waals surface area contributed by atoms with Gasteiger partial charge in [-0.15, -0.1) is 0 Å². The molecule has 1 amide bonds. The predicted molar refractivity (Wildman–Crippen MR) is 84.4 cm³/mol. The molecule has 0 radical (unpaired) electrons. The predicted octanol–water partition coefficient (Wildman–Crippen LogP) is 2.94. The largest absolute Gasteiger partial charge is 0.497 e. The van der Waals surface area contributed by atoms with Gasteiger partial charge in [0.25, 0.3) is 5.91 Å². The highest BCUT2D eigenvalue weighted by atomic mass is 16.5. The van der Waals surface area contributed by atoms with E-state index in [2.05, 4.69) is 23.3 Å². The van der Waals surface area contributed by atoms with Gasteiger partial charge in [-0.25, -0.2) is 0 Å². The molecule has 1 N–H and O–H groups in total. The maximum absolute atomic E-state index is 12.3. The molecule has 0 aliphatic carbocycles. The third-order valence-electron chi connectivity index (χ3n) is 3.80. The molecule has 4 heteroatoms. The number of carbonyl (C=O) groups is 1. The van der Waals surface area contributed by atoms with E-state index >= 15 is 0 Å². The Morgan fingerprint density at radius 1 is 1.24 bits per heavy atom. The SMILES string of the molecule is COc1cccc(C(=O)Nc2ccc3c(c2)N(C)CC3)c1. The van der Waals surface area contributed by atoms with Gasteiger partial charge < -0.3 is 15.0 Å². The number of carbonyl (C=O) groups excluding carboxylic acids is 1. The molecule has 0 atom stereocenters. The molecule has 0 bridgehead atoms.